The Morgan fingerprint density at radius 2 is 2.00 bits per heavy atom. The van der Waals surface area contributed by atoms with Crippen molar-refractivity contribution in [3.8, 4) is 5.88 Å². The molecule has 0 aliphatic heterocycles. The molecule has 3 rings (SSSR count). The van der Waals surface area contributed by atoms with Gasteiger partial charge in [0, 0.05) is 18.0 Å². The molecule has 7 nitrogen and oxygen atoms in total. The highest BCUT2D eigenvalue weighted by molar-refractivity contribution is 7.94. The third-order valence-corrected chi connectivity index (χ3v) is 5.04. The third-order valence-electron chi connectivity index (χ3n) is 3.56. The van der Waals surface area contributed by atoms with E-state index in [-0.39, 0.29) is 17.4 Å². The summed E-state index contributed by atoms with van der Waals surface area (Å²) in [7, 11) is -3.74. The van der Waals surface area contributed by atoms with Crippen LogP contribution < -0.4 is 4.74 Å². The van der Waals surface area contributed by atoms with Crippen LogP contribution in [0, 0.1) is 0 Å². The number of nitrogens with zero attached hydrogens (tertiary/aromatic N) is 2. The maximum Gasteiger partial charge on any atom is 0.227 e. The number of ether oxygens (including phenoxy) is 1. The van der Waals surface area contributed by atoms with Gasteiger partial charge in [0.1, 0.15) is 16.9 Å². The van der Waals surface area contributed by atoms with E-state index in [1.165, 1.54) is 12.5 Å². The molecule has 0 fully saturated rings. The summed E-state index contributed by atoms with van der Waals surface area (Å²) in [5, 5.41) is 10.1. The second-order valence-electron chi connectivity index (χ2n) is 5.24. The number of rotatable bonds is 7. The number of aliphatic hydroxyl groups is 1. The first-order valence-corrected chi connectivity index (χ1v) is 9.18. The summed E-state index contributed by atoms with van der Waals surface area (Å²) in [6.07, 6.45) is 4.49. The zero-order valence-electron chi connectivity index (χ0n) is 13.3. The van der Waals surface area contributed by atoms with Gasteiger partial charge in [0.25, 0.3) is 0 Å². The molecular weight excluding hydrogens is 342 g/mol. The summed E-state index contributed by atoms with van der Waals surface area (Å²) >= 11 is 0. The number of aromatic amines is 1. The number of H-pyrrole nitrogens is 1. The van der Waals surface area contributed by atoms with Crippen molar-refractivity contribution in [2.24, 2.45) is 0 Å². The predicted octanol–water partition coefficient (Wildman–Crippen LogP) is 1.86. The number of benzene rings is 1. The van der Waals surface area contributed by atoms with E-state index in [1.54, 1.807) is 0 Å². The van der Waals surface area contributed by atoms with E-state index < -0.39 is 9.84 Å². The molecule has 0 saturated carbocycles. The van der Waals surface area contributed by atoms with Gasteiger partial charge in [-0.25, -0.2) is 18.4 Å². The van der Waals surface area contributed by atoms with Gasteiger partial charge in [0.2, 0.25) is 15.7 Å². The van der Waals surface area contributed by atoms with Crippen LogP contribution in [0.5, 0.6) is 5.88 Å². The summed E-state index contributed by atoms with van der Waals surface area (Å²) in [5.41, 5.74) is 1.49. The second kappa shape index (κ2) is 7.45. The average molecular weight is 359 g/mol. The molecule has 1 aromatic carbocycles. The number of sulfone groups is 1. The molecule has 0 saturated heterocycles. The Kier molecular flexibility index (Phi) is 5.11. The third kappa shape index (κ3) is 3.86. The average Bonchev–Trinajstić information content (AvgIpc) is 3.07. The number of hydrogen-bond acceptors (Lipinski definition) is 6. The van der Waals surface area contributed by atoms with Gasteiger partial charge in [-0.15, -0.1) is 0 Å². The van der Waals surface area contributed by atoms with Crippen LogP contribution in [0.1, 0.15) is 5.56 Å². The van der Waals surface area contributed by atoms with Crippen molar-refractivity contribution in [2.75, 3.05) is 13.2 Å². The first-order valence-electron chi connectivity index (χ1n) is 7.63. The Labute approximate surface area is 144 Å². The zero-order valence-corrected chi connectivity index (χ0v) is 14.1. The maximum absolute atomic E-state index is 12.4. The molecule has 130 valence electrons. The van der Waals surface area contributed by atoms with E-state index in [4.69, 9.17) is 9.84 Å². The summed E-state index contributed by atoms with van der Waals surface area (Å²) in [6.45, 7) is -0.00814. The predicted molar refractivity (Wildman–Crippen MR) is 92.9 cm³/mol. The fraction of sp³-hybridized carbons (Fsp3) is 0.176. The lowest BCUT2D eigenvalue weighted by molar-refractivity contribution is 0.313. The van der Waals surface area contributed by atoms with Crippen LogP contribution in [0.2, 0.25) is 0 Å². The van der Waals surface area contributed by atoms with Crippen molar-refractivity contribution in [3.63, 3.8) is 0 Å². The molecule has 0 radical (unpaired) electrons. The Morgan fingerprint density at radius 3 is 2.76 bits per heavy atom. The van der Waals surface area contributed by atoms with Gasteiger partial charge < -0.3 is 14.8 Å². The molecule has 0 unspecified atom stereocenters. The largest absolute Gasteiger partial charge is 0.477 e. The van der Waals surface area contributed by atoms with Crippen molar-refractivity contribution < 1.29 is 18.3 Å². The molecule has 0 bridgehead atoms. The SMILES string of the molecule is O=S(=O)(/C=C/CO)c1c[nH]c2ncnc(OCCc3ccccc3)c12. The Hall–Kier alpha value is -2.71. The number of aromatic nitrogens is 3. The van der Waals surface area contributed by atoms with Crippen LogP contribution in [0.4, 0.5) is 0 Å². The Morgan fingerprint density at radius 1 is 1.20 bits per heavy atom. The highest BCUT2D eigenvalue weighted by Crippen LogP contribution is 2.29. The van der Waals surface area contributed by atoms with Gasteiger partial charge in [0.05, 0.1) is 18.6 Å². The molecule has 2 aromatic heterocycles. The molecule has 0 aliphatic carbocycles. The summed E-state index contributed by atoms with van der Waals surface area (Å²) < 4.78 is 30.5. The van der Waals surface area contributed by atoms with Gasteiger partial charge >= 0.3 is 0 Å². The molecule has 2 heterocycles. The lowest BCUT2D eigenvalue weighted by Gasteiger charge is -2.07. The molecule has 0 aliphatic rings. The van der Waals surface area contributed by atoms with Crippen molar-refractivity contribution in [3.05, 3.63) is 59.9 Å². The standard InChI is InChI=1S/C17H17N3O4S/c21-8-4-10-25(22,23)14-11-18-16-15(14)17(20-12-19-16)24-9-7-13-5-2-1-3-6-13/h1-6,10-12,21H,7-9H2,(H,18,19,20)/b10-4+. The normalized spacial score (nSPS) is 12.0. The maximum atomic E-state index is 12.4. The highest BCUT2D eigenvalue weighted by atomic mass is 32.2. The minimum Gasteiger partial charge on any atom is -0.477 e. The van der Waals surface area contributed by atoms with E-state index in [2.05, 4.69) is 15.0 Å². The monoisotopic (exact) mass is 359 g/mol. The second-order valence-corrected chi connectivity index (χ2v) is 7.04. The van der Waals surface area contributed by atoms with Crippen molar-refractivity contribution >= 4 is 20.9 Å². The smallest absolute Gasteiger partial charge is 0.227 e. The Balaban J connectivity index is 1.88. The van der Waals surface area contributed by atoms with Gasteiger partial charge in [-0.3, -0.25) is 0 Å². The lowest BCUT2D eigenvalue weighted by Crippen LogP contribution is -2.04. The first-order chi connectivity index (χ1) is 12.1. The quantitative estimate of drug-likeness (QED) is 0.667. The van der Waals surface area contributed by atoms with Gasteiger partial charge in [-0.05, 0) is 11.6 Å². The number of fused-ring (bicyclic) bond motifs is 1. The van der Waals surface area contributed by atoms with Crippen molar-refractivity contribution in [1.82, 2.24) is 15.0 Å². The topological polar surface area (TPSA) is 105 Å². The van der Waals surface area contributed by atoms with Crippen LogP contribution in [0.3, 0.4) is 0 Å². The van der Waals surface area contributed by atoms with Gasteiger partial charge in [0.15, 0.2) is 0 Å². The van der Waals surface area contributed by atoms with Gasteiger partial charge in [-0.2, -0.15) is 0 Å². The first kappa shape index (κ1) is 17.1. The molecule has 0 atom stereocenters. The fourth-order valence-electron chi connectivity index (χ4n) is 2.39. The summed E-state index contributed by atoms with van der Waals surface area (Å²) in [6, 6.07) is 9.82. The van der Waals surface area contributed by atoms with Gasteiger partial charge in [-0.1, -0.05) is 30.3 Å². The summed E-state index contributed by atoms with van der Waals surface area (Å²) in [4.78, 5) is 10.9. The number of nitrogens with one attached hydrogen (secondary N) is 1. The zero-order chi connectivity index (χ0) is 17.7. The van der Waals surface area contributed by atoms with Crippen molar-refractivity contribution in [1.29, 1.82) is 0 Å². The minimum absolute atomic E-state index is 0.0162. The molecule has 2 N–H and O–H groups in total. The van der Waals surface area contributed by atoms with E-state index >= 15 is 0 Å². The molecule has 0 amide bonds. The molecule has 8 heteroatoms. The molecule has 25 heavy (non-hydrogen) atoms. The van der Waals surface area contributed by atoms with Crippen LogP contribution in [0.25, 0.3) is 11.0 Å². The lowest BCUT2D eigenvalue weighted by atomic mass is 10.2. The minimum atomic E-state index is -3.74. The molecule has 3 aromatic rings. The molecule has 0 spiro atoms. The van der Waals surface area contributed by atoms with Crippen LogP contribution in [0.15, 0.2) is 59.2 Å². The van der Waals surface area contributed by atoms with Crippen LogP contribution >= 0.6 is 0 Å². The van der Waals surface area contributed by atoms with E-state index in [1.807, 2.05) is 30.3 Å². The van der Waals surface area contributed by atoms with Crippen molar-refractivity contribution in [2.45, 2.75) is 11.3 Å². The fourth-order valence-corrected chi connectivity index (χ4v) is 3.57. The number of aliphatic hydroxyl groups excluding tert-OH is 1. The van der Waals surface area contributed by atoms with Crippen LogP contribution in [-0.2, 0) is 16.3 Å². The summed E-state index contributed by atoms with van der Waals surface area (Å²) in [5.74, 6) is 0.207. The van der Waals surface area contributed by atoms with E-state index in [0.717, 1.165) is 17.0 Å². The number of hydrogen-bond donors (Lipinski definition) is 2. The molecular formula is C17H17N3O4S. The Bertz CT molecular complexity index is 982. The van der Waals surface area contributed by atoms with Crippen LogP contribution in [-0.4, -0.2) is 41.7 Å². The van der Waals surface area contributed by atoms with E-state index in [9.17, 15) is 8.42 Å². The highest BCUT2D eigenvalue weighted by Gasteiger charge is 2.21. The van der Waals surface area contributed by atoms with E-state index in [0.29, 0.717) is 24.1 Å².